The van der Waals surface area contributed by atoms with Crippen LogP contribution in [0, 0.1) is 0 Å². The summed E-state index contributed by atoms with van der Waals surface area (Å²) in [6.07, 6.45) is 1.94. The second kappa shape index (κ2) is 1.80. The molecule has 0 bridgehead atoms. The molecule has 0 amide bonds. The van der Waals surface area contributed by atoms with Crippen molar-refractivity contribution in [3.05, 3.63) is 36.0 Å². The fraction of sp³-hybridized carbons (Fsp3) is 0.273. The molecule has 64 valence electrons. The van der Waals surface area contributed by atoms with E-state index < -0.39 is 0 Å². The summed E-state index contributed by atoms with van der Waals surface area (Å²) in [5.41, 5.74) is 2.75. The van der Waals surface area contributed by atoms with Crippen molar-refractivity contribution in [1.29, 1.82) is 0 Å². The zero-order valence-corrected chi connectivity index (χ0v) is 7.10. The summed E-state index contributed by atoms with van der Waals surface area (Å²) < 4.78 is 7.84. The second-order valence-electron chi connectivity index (χ2n) is 3.83. The zero-order chi connectivity index (χ0) is 8.41. The van der Waals surface area contributed by atoms with Crippen LogP contribution >= 0.6 is 0 Å². The van der Waals surface area contributed by atoms with Gasteiger partial charge < -0.3 is 9.30 Å². The number of fused-ring (bicyclic) bond motifs is 5. The van der Waals surface area contributed by atoms with E-state index in [1.54, 1.807) is 0 Å². The monoisotopic (exact) mass is 171 g/mol. The van der Waals surface area contributed by atoms with Crippen LogP contribution in [0.3, 0.4) is 0 Å². The van der Waals surface area contributed by atoms with E-state index in [9.17, 15) is 0 Å². The van der Waals surface area contributed by atoms with Crippen molar-refractivity contribution in [2.24, 2.45) is 0 Å². The van der Waals surface area contributed by atoms with Crippen molar-refractivity contribution >= 4 is 10.9 Å². The minimum atomic E-state index is 0.356. The van der Waals surface area contributed by atoms with Crippen LogP contribution in [0.25, 0.3) is 10.9 Å². The number of benzene rings is 1. The molecule has 0 spiro atoms. The average molecular weight is 171 g/mol. The average Bonchev–Trinajstić information content (AvgIpc) is 2.69. The van der Waals surface area contributed by atoms with Gasteiger partial charge in [-0.1, -0.05) is 18.2 Å². The summed E-state index contributed by atoms with van der Waals surface area (Å²) in [7, 11) is 0. The predicted octanol–water partition coefficient (Wildman–Crippen LogP) is 2.09. The van der Waals surface area contributed by atoms with Crippen molar-refractivity contribution in [3.8, 4) is 0 Å². The van der Waals surface area contributed by atoms with Gasteiger partial charge in [0.2, 0.25) is 0 Å². The van der Waals surface area contributed by atoms with Crippen LogP contribution in [0.5, 0.6) is 0 Å². The lowest BCUT2D eigenvalue weighted by Crippen LogP contribution is -1.93. The number of rotatable bonds is 0. The molecule has 13 heavy (non-hydrogen) atoms. The third kappa shape index (κ3) is 0.639. The number of aromatic nitrogens is 1. The lowest BCUT2D eigenvalue weighted by molar-refractivity contribution is 0.314. The van der Waals surface area contributed by atoms with Crippen LogP contribution in [0.2, 0.25) is 0 Å². The molecule has 2 atom stereocenters. The van der Waals surface area contributed by atoms with Gasteiger partial charge in [0.25, 0.3) is 0 Å². The molecule has 2 aliphatic rings. The first-order valence-corrected chi connectivity index (χ1v) is 4.68. The molecule has 4 rings (SSSR count). The van der Waals surface area contributed by atoms with Crippen LogP contribution in [-0.4, -0.2) is 10.7 Å². The topological polar surface area (TPSA) is 17.5 Å². The number of ether oxygens (including phenoxy) is 1. The summed E-state index contributed by atoms with van der Waals surface area (Å²) in [6.45, 7) is 0. The lowest BCUT2D eigenvalue weighted by atomic mass is 10.2. The van der Waals surface area contributed by atoms with Crippen LogP contribution in [0.4, 0.5) is 0 Å². The van der Waals surface area contributed by atoms with Gasteiger partial charge in [0.15, 0.2) is 6.23 Å². The molecule has 2 aliphatic heterocycles. The normalized spacial score (nSPS) is 28.9. The molecule has 2 nitrogen and oxygen atoms in total. The smallest absolute Gasteiger partial charge is 0.161 e. The van der Waals surface area contributed by atoms with Crippen molar-refractivity contribution in [3.63, 3.8) is 0 Å². The Bertz CT molecular complexity index is 500. The van der Waals surface area contributed by atoms with E-state index >= 15 is 0 Å². The molecule has 2 heteroatoms. The molecule has 0 N–H and O–H groups in total. The molecule has 0 aliphatic carbocycles. The Kier molecular flexibility index (Phi) is 0.861. The van der Waals surface area contributed by atoms with Gasteiger partial charge in [-0.15, -0.1) is 0 Å². The van der Waals surface area contributed by atoms with E-state index in [-0.39, 0.29) is 0 Å². The molecule has 0 saturated carbocycles. The van der Waals surface area contributed by atoms with E-state index in [1.165, 1.54) is 16.6 Å². The Labute approximate surface area is 75.7 Å². The Balaban J connectivity index is 2.15. The molecule has 2 aromatic rings. The Hall–Kier alpha value is -1.28. The lowest BCUT2D eigenvalue weighted by Gasteiger charge is -2.00. The number of hydrogen-bond donors (Lipinski definition) is 0. The van der Waals surface area contributed by atoms with E-state index in [2.05, 4.69) is 34.9 Å². The summed E-state index contributed by atoms with van der Waals surface area (Å²) in [5, 5.41) is 1.34. The first-order chi connectivity index (χ1) is 6.43. The van der Waals surface area contributed by atoms with Crippen LogP contribution in [-0.2, 0) is 11.2 Å². The van der Waals surface area contributed by atoms with Crippen LogP contribution in [0.15, 0.2) is 30.3 Å². The quantitative estimate of drug-likeness (QED) is 0.555. The van der Waals surface area contributed by atoms with Gasteiger partial charge in [0, 0.05) is 12.1 Å². The molecule has 1 saturated heterocycles. The van der Waals surface area contributed by atoms with Crippen molar-refractivity contribution in [2.75, 3.05) is 0 Å². The molecule has 1 aromatic carbocycles. The maximum absolute atomic E-state index is 5.51. The SMILES string of the molecule is c1ccc2c(c1)cc1n2C2OC2C1. The van der Waals surface area contributed by atoms with Gasteiger partial charge >= 0.3 is 0 Å². The van der Waals surface area contributed by atoms with Crippen molar-refractivity contribution in [2.45, 2.75) is 18.8 Å². The molecular weight excluding hydrogens is 162 g/mol. The molecule has 0 radical (unpaired) electrons. The van der Waals surface area contributed by atoms with Crippen molar-refractivity contribution < 1.29 is 4.74 Å². The number of hydrogen-bond acceptors (Lipinski definition) is 1. The van der Waals surface area contributed by atoms with Crippen molar-refractivity contribution in [1.82, 2.24) is 4.57 Å². The largest absolute Gasteiger partial charge is 0.347 e. The van der Waals surface area contributed by atoms with E-state index in [0.29, 0.717) is 12.3 Å². The van der Waals surface area contributed by atoms with Gasteiger partial charge in [-0.3, -0.25) is 0 Å². The van der Waals surface area contributed by atoms with Gasteiger partial charge in [-0.25, -0.2) is 0 Å². The summed E-state index contributed by atoms with van der Waals surface area (Å²) in [6, 6.07) is 10.8. The van der Waals surface area contributed by atoms with Crippen LogP contribution in [0.1, 0.15) is 11.9 Å². The highest BCUT2D eigenvalue weighted by atomic mass is 16.6. The minimum Gasteiger partial charge on any atom is -0.347 e. The molecule has 3 heterocycles. The third-order valence-electron chi connectivity index (χ3n) is 3.05. The number of epoxide rings is 1. The highest BCUT2D eigenvalue weighted by Crippen LogP contribution is 2.46. The fourth-order valence-electron chi connectivity index (χ4n) is 2.41. The van der Waals surface area contributed by atoms with E-state index in [0.717, 1.165) is 6.42 Å². The second-order valence-corrected chi connectivity index (χ2v) is 3.83. The minimum absolute atomic E-state index is 0.356. The third-order valence-corrected chi connectivity index (χ3v) is 3.05. The summed E-state index contributed by atoms with van der Waals surface area (Å²) in [4.78, 5) is 0. The maximum atomic E-state index is 5.51. The highest BCUT2D eigenvalue weighted by molar-refractivity contribution is 5.82. The Morgan fingerprint density at radius 1 is 1.31 bits per heavy atom. The zero-order valence-electron chi connectivity index (χ0n) is 7.10. The van der Waals surface area contributed by atoms with Gasteiger partial charge in [0.05, 0.1) is 5.52 Å². The van der Waals surface area contributed by atoms with E-state index in [1.807, 2.05) is 0 Å². The molecular formula is C11H9NO. The van der Waals surface area contributed by atoms with Gasteiger partial charge in [0.1, 0.15) is 6.10 Å². The van der Waals surface area contributed by atoms with Gasteiger partial charge in [-0.05, 0) is 17.5 Å². The molecule has 1 aromatic heterocycles. The first-order valence-electron chi connectivity index (χ1n) is 4.68. The Morgan fingerprint density at radius 2 is 2.23 bits per heavy atom. The number of nitrogens with zero attached hydrogens (tertiary/aromatic N) is 1. The standard InChI is InChI=1S/C11H9NO/c1-2-4-9-7(3-1)5-8-6-10-11(13-10)12(8)9/h1-5,10-11H,6H2. The highest BCUT2D eigenvalue weighted by Gasteiger charge is 2.47. The molecule has 1 fully saturated rings. The fourth-order valence-corrected chi connectivity index (χ4v) is 2.41. The first kappa shape index (κ1) is 6.22. The van der Waals surface area contributed by atoms with Crippen LogP contribution < -0.4 is 0 Å². The number of para-hydroxylation sites is 1. The van der Waals surface area contributed by atoms with E-state index in [4.69, 9.17) is 4.74 Å². The predicted molar refractivity (Wildman–Crippen MR) is 49.6 cm³/mol. The summed E-state index contributed by atoms with van der Waals surface area (Å²) in [5.74, 6) is 0. The Morgan fingerprint density at radius 3 is 3.23 bits per heavy atom. The summed E-state index contributed by atoms with van der Waals surface area (Å²) >= 11 is 0. The molecule has 2 unspecified atom stereocenters. The maximum Gasteiger partial charge on any atom is 0.161 e. The van der Waals surface area contributed by atoms with Gasteiger partial charge in [-0.2, -0.15) is 0 Å².